The van der Waals surface area contributed by atoms with Gasteiger partial charge in [0, 0.05) is 4.88 Å². The average Bonchev–Trinajstić information content (AvgIpc) is 2.45. The smallest absolute Gasteiger partial charge is 0.188 e. The molecule has 78 valence electrons. The molecule has 0 aliphatic carbocycles. The van der Waals surface area contributed by atoms with Crippen LogP contribution in [0, 0.1) is 13.8 Å². The van der Waals surface area contributed by atoms with Gasteiger partial charge in [-0.05, 0) is 13.8 Å². The normalized spacial score (nSPS) is 10.3. The van der Waals surface area contributed by atoms with Crippen LogP contribution in [0.15, 0.2) is 12.4 Å². The van der Waals surface area contributed by atoms with Crippen molar-refractivity contribution in [2.24, 2.45) is 0 Å². The number of nitrogens with zero attached hydrogens (tertiary/aromatic N) is 3. The summed E-state index contributed by atoms with van der Waals surface area (Å²) in [4.78, 5) is 13.5. The quantitative estimate of drug-likeness (QED) is 0.809. The van der Waals surface area contributed by atoms with Crippen LogP contribution >= 0.6 is 11.3 Å². The Balaban J connectivity index is 2.22. The van der Waals surface area contributed by atoms with E-state index in [9.17, 15) is 0 Å². The summed E-state index contributed by atoms with van der Waals surface area (Å²) in [7, 11) is 0. The molecule has 2 heterocycles. The number of rotatable bonds is 2. The van der Waals surface area contributed by atoms with Gasteiger partial charge in [0.15, 0.2) is 10.9 Å². The molecule has 2 rings (SSSR count). The fraction of sp³-hybridized carbons (Fsp3) is 0.222. The molecule has 0 radical (unpaired) electrons. The first-order valence-electron chi connectivity index (χ1n) is 4.44. The molecule has 5 nitrogen and oxygen atoms in total. The van der Waals surface area contributed by atoms with Crippen LogP contribution in [0.3, 0.4) is 0 Å². The molecule has 0 atom stereocenters. The lowest BCUT2D eigenvalue weighted by molar-refractivity contribution is 1.18. The van der Waals surface area contributed by atoms with Crippen LogP contribution in [0.4, 0.5) is 16.8 Å². The Labute approximate surface area is 91.4 Å². The zero-order valence-electron chi connectivity index (χ0n) is 8.48. The molecule has 2 aromatic heterocycles. The summed E-state index contributed by atoms with van der Waals surface area (Å²) in [5, 5.41) is 3.87. The standard InChI is InChI=1S/C9H11N5S/c1-5-6(2)15-9(12-5)14-8-4-11-3-7(10)13-8/h3-4H,1-2H3,(H3,10,12,13,14). The van der Waals surface area contributed by atoms with E-state index >= 15 is 0 Å². The number of hydrogen-bond donors (Lipinski definition) is 2. The first kappa shape index (κ1) is 9.85. The third kappa shape index (κ3) is 2.21. The molecule has 2 aromatic rings. The van der Waals surface area contributed by atoms with E-state index < -0.39 is 0 Å². The Morgan fingerprint density at radius 1 is 1.27 bits per heavy atom. The topological polar surface area (TPSA) is 76.7 Å². The molecule has 15 heavy (non-hydrogen) atoms. The Morgan fingerprint density at radius 3 is 2.67 bits per heavy atom. The van der Waals surface area contributed by atoms with Crippen molar-refractivity contribution >= 4 is 28.1 Å². The molecule has 0 aromatic carbocycles. The first-order chi connectivity index (χ1) is 7.15. The zero-order valence-corrected chi connectivity index (χ0v) is 9.30. The number of aryl methyl sites for hydroxylation is 2. The number of anilines is 3. The fourth-order valence-electron chi connectivity index (χ4n) is 1.08. The highest BCUT2D eigenvalue weighted by Crippen LogP contribution is 2.23. The molecule has 0 fully saturated rings. The van der Waals surface area contributed by atoms with E-state index in [-0.39, 0.29) is 0 Å². The van der Waals surface area contributed by atoms with E-state index in [1.807, 2.05) is 13.8 Å². The van der Waals surface area contributed by atoms with Crippen molar-refractivity contribution in [2.75, 3.05) is 11.1 Å². The van der Waals surface area contributed by atoms with E-state index in [0.29, 0.717) is 11.6 Å². The molecule has 0 aliphatic heterocycles. The van der Waals surface area contributed by atoms with Gasteiger partial charge in [0.1, 0.15) is 5.82 Å². The van der Waals surface area contributed by atoms with E-state index in [4.69, 9.17) is 5.73 Å². The van der Waals surface area contributed by atoms with E-state index in [2.05, 4.69) is 20.3 Å². The number of aromatic nitrogens is 3. The highest BCUT2D eigenvalue weighted by Gasteiger charge is 2.04. The molecule has 0 spiro atoms. The average molecular weight is 221 g/mol. The van der Waals surface area contributed by atoms with Crippen molar-refractivity contribution in [1.29, 1.82) is 0 Å². The minimum atomic E-state index is 0.394. The molecular weight excluding hydrogens is 210 g/mol. The Morgan fingerprint density at radius 2 is 2.07 bits per heavy atom. The minimum absolute atomic E-state index is 0.394. The van der Waals surface area contributed by atoms with Gasteiger partial charge in [0.2, 0.25) is 0 Å². The number of nitrogen functional groups attached to an aromatic ring is 1. The van der Waals surface area contributed by atoms with E-state index in [1.165, 1.54) is 11.1 Å². The van der Waals surface area contributed by atoms with Crippen LogP contribution in [0.5, 0.6) is 0 Å². The van der Waals surface area contributed by atoms with Crippen LogP contribution in [0.1, 0.15) is 10.6 Å². The summed E-state index contributed by atoms with van der Waals surface area (Å²) >= 11 is 1.58. The van der Waals surface area contributed by atoms with Gasteiger partial charge >= 0.3 is 0 Å². The zero-order chi connectivity index (χ0) is 10.8. The number of thiazole rings is 1. The summed E-state index contributed by atoms with van der Waals surface area (Å²) in [6.07, 6.45) is 3.12. The fourth-order valence-corrected chi connectivity index (χ4v) is 1.90. The van der Waals surface area contributed by atoms with Crippen LogP contribution in [-0.4, -0.2) is 15.0 Å². The van der Waals surface area contributed by atoms with E-state index in [0.717, 1.165) is 10.8 Å². The molecule has 0 aliphatic rings. The van der Waals surface area contributed by atoms with Crippen LogP contribution < -0.4 is 11.1 Å². The lowest BCUT2D eigenvalue weighted by Gasteiger charge is -2.00. The Hall–Kier alpha value is -1.69. The predicted octanol–water partition coefficient (Wildman–Crippen LogP) is 1.88. The van der Waals surface area contributed by atoms with Gasteiger partial charge in [-0.2, -0.15) is 0 Å². The third-order valence-electron chi connectivity index (χ3n) is 1.92. The molecule has 0 bridgehead atoms. The second kappa shape index (κ2) is 3.82. The van der Waals surface area contributed by atoms with Gasteiger partial charge in [-0.15, -0.1) is 11.3 Å². The lowest BCUT2D eigenvalue weighted by Crippen LogP contribution is -1.97. The van der Waals surface area contributed by atoms with Gasteiger partial charge in [0.05, 0.1) is 18.1 Å². The van der Waals surface area contributed by atoms with Crippen LogP contribution in [-0.2, 0) is 0 Å². The molecule has 3 N–H and O–H groups in total. The summed E-state index contributed by atoms with van der Waals surface area (Å²) in [5.74, 6) is 1.01. The summed E-state index contributed by atoms with van der Waals surface area (Å²) in [6.45, 7) is 4.01. The van der Waals surface area contributed by atoms with Crippen LogP contribution in [0.25, 0.3) is 0 Å². The van der Waals surface area contributed by atoms with Crippen molar-refractivity contribution in [3.63, 3.8) is 0 Å². The van der Waals surface area contributed by atoms with Crippen molar-refractivity contribution in [3.05, 3.63) is 23.0 Å². The van der Waals surface area contributed by atoms with Crippen molar-refractivity contribution in [1.82, 2.24) is 15.0 Å². The maximum atomic E-state index is 5.52. The number of hydrogen-bond acceptors (Lipinski definition) is 6. The second-order valence-corrected chi connectivity index (χ2v) is 4.32. The number of nitrogens with one attached hydrogen (secondary N) is 1. The third-order valence-corrected chi connectivity index (χ3v) is 2.91. The molecule has 0 saturated carbocycles. The Kier molecular flexibility index (Phi) is 2.51. The van der Waals surface area contributed by atoms with Crippen molar-refractivity contribution in [2.45, 2.75) is 13.8 Å². The largest absolute Gasteiger partial charge is 0.382 e. The van der Waals surface area contributed by atoms with Crippen molar-refractivity contribution in [3.8, 4) is 0 Å². The molecule has 0 saturated heterocycles. The highest BCUT2D eigenvalue weighted by atomic mass is 32.1. The second-order valence-electron chi connectivity index (χ2n) is 3.11. The van der Waals surface area contributed by atoms with Gasteiger partial charge in [-0.25, -0.2) is 9.97 Å². The lowest BCUT2D eigenvalue weighted by atomic mass is 10.4. The minimum Gasteiger partial charge on any atom is -0.382 e. The van der Waals surface area contributed by atoms with Gasteiger partial charge in [-0.1, -0.05) is 0 Å². The monoisotopic (exact) mass is 221 g/mol. The first-order valence-corrected chi connectivity index (χ1v) is 5.25. The Bertz CT molecular complexity index is 460. The number of nitrogens with two attached hydrogens (primary N) is 1. The van der Waals surface area contributed by atoms with Gasteiger partial charge in [-0.3, -0.25) is 4.98 Å². The predicted molar refractivity (Wildman–Crippen MR) is 61.3 cm³/mol. The van der Waals surface area contributed by atoms with Gasteiger partial charge in [0.25, 0.3) is 0 Å². The summed E-state index contributed by atoms with van der Waals surface area (Å²) in [5.41, 5.74) is 6.54. The van der Waals surface area contributed by atoms with E-state index in [1.54, 1.807) is 17.5 Å². The maximum absolute atomic E-state index is 5.52. The maximum Gasteiger partial charge on any atom is 0.188 e. The molecule has 0 unspecified atom stereocenters. The summed E-state index contributed by atoms with van der Waals surface area (Å²) < 4.78 is 0. The highest BCUT2D eigenvalue weighted by molar-refractivity contribution is 7.15. The molecule has 6 heteroatoms. The van der Waals surface area contributed by atoms with Crippen LogP contribution in [0.2, 0.25) is 0 Å². The SMILES string of the molecule is Cc1nc(Nc2cncc(N)n2)sc1C. The van der Waals surface area contributed by atoms with Gasteiger partial charge < -0.3 is 11.1 Å². The summed E-state index contributed by atoms with van der Waals surface area (Å²) in [6, 6.07) is 0. The molecule has 0 amide bonds. The molecular formula is C9H11N5S. The van der Waals surface area contributed by atoms with Crippen molar-refractivity contribution < 1.29 is 0 Å².